The van der Waals surface area contributed by atoms with E-state index < -0.39 is 126 Å². The van der Waals surface area contributed by atoms with Gasteiger partial charge in [-0.1, -0.05) is 90.1 Å². The van der Waals surface area contributed by atoms with Gasteiger partial charge in [0.15, 0.2) is 0 Å². The van der Waals surface area contributed by atoms with Crippen LogP contribution in [0.2, 0.25) is 0 Å². The number of nitrogens with two attached hydrogens (primary N) is 2. The summed E-state index contributed by atoms with van der Waals surface area (Å²) in [6, 6.07) is 4.93. The molecule has 0 fully saturated rings. The Hall–Kier alpha value is -8.15. The van der Waals surface area contributed by atoms with Gasteiger partial charge >= 0.3 is 5.97 Å². The maximum absolute atomic E-state index is 14.2. The molecule has 9 amide bonds. The first-order chi connectivity index (χ1) is 36.8. The van der Waals surface area contributed by atoms with Crippen LogP contribution in [-0.2, 0) is 67.2 Å². The third kappa shape index (κ3) is 19.8. The van der Waals surface area contributed by atoms with E-state index in [1.54, 1.807) is 62.5 Å². The Bertz CT molecular complexity index is 2690. The number of amides is 9. The van der Waals surface area contributed by atoms with Crippen molar-refractivity contribution in [1.82, 2.24) is 57.5 Å². The highest BCUT2D eigenvalue weighted by Gasteiger charge is 2.35. The number of benzene rings is 2. The molecule has 0 aliphatic carbocycles. The van der Waals surface area contributed by atoms with Gasteiger partial charge in [0, 0.05) is 48.3 Å². The van der Waals surface area contributed by atoms with Crippen LogP contribution in [0.15, 0.2) is 73.3 Å². The van der Waals surface area contributed by atoms with Gasteiger partial charge in [-0.2, -0.15) is 0 Å². The molecule has 0 bridgehead atoms. The highest BCUT2D eigenvalue weighted by atomic mass is 16.4. The average molecular weight is 1080 g/mol. The van der Waals surface area contributed by atoms with Gasteiger partial charge in [-0.15, -0.1) is 0 Å². The van der Waals surface area contributed by atoms with E-state index >= 15 is 0 Å². The van der Waals surface area contributed by atoms with Gasteiger partial charge in [0.2, 0.25) is 53.2 Å². The molecule has 78 heavy (non-hydrogen) atoms. The third-order valence-corrected chi connectivity index (χ3v) is 12.7. The highest BCUT2D eigenvalue weighted by Crippen LogP contribution is 2.20. The molecule has 0 aliphatic heterocycles. The van der Waals surface area contributed by atoms with E-state index in [-0.39, 0.29) is 50.4 Å². The molecule has 4 rings (SSSR count). The zero-order chi connectivity index (χ0) is 57.8. The number of para-hydroxylation sites is 1. The molecule has 2 aromatic heterocycles. The number of nitrogens with one attached hydrogen (secondary N) is 10. The van der Waals surface area contributed by atoms with Crippen molar-refractivity contribution in [1.29, 1.82) is 0 Å². The van der Waals surface area contributed by atoms with Crippen molar-refractivity contribution < 1.29 is 53.1 Å². The molecule has 2 aromatic carbocycles. The Balaban J connectivity index is 1.47. The Morgan fingerprint density at radius 1 is 0.551 bits per heavy atom. The first kappa shape index (κ1) is 62.4. The number of aliphatic carboxylic acids is 1. The summed E-state index contributed by atoms with van der Waals surface area (Å²) < 4.78 is 0. The number of imidazole rings is 1. The summed E-state index contributed by atoms with van der Waals surface area (Å²) in [5.74, 6) is -8.81. The normalized spacial score (nSPS) is 14.8. The fraction of sp³-hybridized carbons (Fsp3) is 0.500. The summed E-state index contributed by atoms with van der Waals surface area (Å²) in [4.78, 5) is 144. The highest BCUT2D eigenvalue weighted by molar-refractivity contribution is 5.98. The fourth-order valence-electron chi connectivity index (χ4n) is 8.43. The number of carboxylic acids is 1. The molecule has 24 nitrogen and oxygen atoms in total. The molecule has 424 valence electrons. The number of primary amides is 1. The number of aromatic nitrogens is 3. The quantitative estimate of drug-likeness (QED) is 0.0322. The number of hydrogen-bond acceptors (Lipinski definition) is 12. The first-order valence-corrected chi connectivity index (χ1v) is 26.1. The topological polar surface area (TPSA) is 384 Å². The number of fused-ring (bicyclic) bond motifs is 1. The number of carbonyl (C=O) groups excluding carboxylic acids is 9. The Morgan fingerprint density at radius 3 is 1.67 bits per heavy atom. The predicted octanol–water partition coefficient (Wildman–Crippen LogP) is 0.263. The molecule has 0 radical (unpaired) electrons. The fourth-order valence-corrected chi connectivity index (χ4v) is 8.43. The molecule has 0 aliphatic rings. The van der Waals surface area contributed by atoms with Crippen LogP contribution < -0.4 is 54.0 Å². The Labute approximate surface area is 453 Å². The summed E-state index contributed by atoms with van der Waals surface area (Å²) in [7, 11) is 0. The average Bonchev–Trinajstić information content (AvgIpc) is 4.06. The molecule has 9 unspecified atom stereocenters. The second-order valence-electron chi connectivity index (χ2n) is 20.7. The van der Waals surface area contributed by atoms with Crippen molar-refractivity contribution in [2.75, 3.05) is 0 Å². The number of H-pyrrole nitrogens is 2. The van der Waals surface area contributed by atoms with E-state index in [9.17, 15) is 53.1 Å². The summed E-state index contributed by atoms with van der Waals surface area (Å²) >= 11 is 0. The predicted molar refractivity (Wildman–Crippen MR) is 289 cm³/mol. The van der Waals surface area contributed by atoms with Gasteiger partial charge in [0.1, 0.15) is 48.3 Å². The van der Waals surface area contributed by atoms with Crippen molar-refractivity contribution >= 4 is 70.0 Å². The molecular formula is C54H77N13O11. The second kappa shape index (κ2) is 30.0. The summed E-state index contributed by atoms with van der Waals surface area (Å²) in [6.07, 6.45) is 3.99. The largest absolute Gasteiger partial charge is 0.481 e. The number of carbonyl (C=O) groups is 10. The molecular weight excluding hydrogens is 1010 g/mol. The van der Waals surface area contributed by atoms with Crippen LogP contribution in [0.5, 0.6) is 0 Å². The molecule has 15 N–H and O–H groups in total. The lowest BCUT2D eigenvalue weighted by Gasteiger charge is -2.28. The monoisotopic (exact) mass is 1080 g/mol. The Morgan fingerprint density at radius 2 is 1.06 bits per heavy atom. The van der Waals surface area contributed by atoms with E-state index in [0.717, 1.165) is 16.5 Å². The van der Waals surface area contributed by atoms with Crippen LogP contribution in [0, 0.1) is 17.8 Å². The van der Waals surface area contributed by atoms with Gasteiger partial charge in [-0.05, 0) is 74.5 Å². The van der Waals surface area contributed by atoms with Gasteiger partial charge < -0.3 is 69.1 Å². The van der Waals surface area contributed by atoms with Gasteiger partial charge in [-0.25, -0.2) is 4.98 Å². The van der Waals surface area contributed by atoms with E-state index in [1.807, 2.05) is 39.8 Å². The number of nitrogens with zero attached hydrogens (tertiary/aromatic N) is 1. The van der Waals surface area contributed by atoms with Gasteiger partial charge in [-0.3, -0.25) is 47.9 Å². The smallest absolute Gasteiger partial charge is 0.303 e. The van der Waals surface area contributed by atoms with Crippen molar-refractivity contribution in [3.8, 4) is 0 Å². The van der Waals surface area contributed by atoms with Crippen LogP contribution in [0.25, 0.3) is 10.9 Å². The molecule has 9 atom stereocenters. The van der Waals surface area contributed by atoms with Gasteiger partial charge in [0.25, 0.3) is 0 Å². The van der Waals surface area contributed by atoms with Crippen LogP contribution in [-0.4, -0.2) is 134 Å². The lowest BCUT2D eigenvalue weighted by Crippen LogP contribution is -2.60. The zero-order valence-corrected chi connectivity index (χ0v) is 45.4. The van der Waals surface area contributed by atoms with Crippen molar-refractivity contribution in [3.63, 3.8) is 0 Å². The van der Waals surface area contributed by atoms with E-state index in [1.165, 1.54) is 26.4 Å². The number of carboxylic acid groups (broad SMARTS) is 1. The summed E-state index contributed by atoms with van der Waals surface area (Å²) in [5, 5.41) is 31.3. The Kier molecular flexibility index (Phi) is 24.0. The van der Waals surface area contributed by atoms with Crippen molar-refractivity contribution in [2.24, 2.45) is 29.2 Å². The molecule has 24 heteroatoms. The molecule has 0 saturated heterocycles. The van der Waals surface area contributed by atoms with Crippen LogP contribution in [0.3, 0.4) is 0 Å². The minimum Gasteiger partial charge on any atom is -0.481 e. The molecule has 2 heterocycles. The molecule has 4 aromatic rings. The van der Waals surface area contributed by atoms with Gasteiger partial charge in [0.05, 0.1) is 12.4 Å². The van der Waals surface area contributed by atoms with E-state index in [4.69, 9.17) is 11.5 Å². The maximum atomic E-state index is 14.2. The van der Waals surface area contributed by atoms with E-state index in [0.29, 0.717) is 11.3 Å². The lowest BCUT2D eigenvalue weighted by molar-refractivity contribution is -0.138. The minimum atomic E-state index is -1.43. The van der Waals surface area contributed by atoms with Crippen molar-refractivity contribution in [2.45, 2.75) is 155 Å². The SMILES string of the molecule is CC(C)CC(NC(=O)C(CC(C)C)NC(=O)C(Cc1cnc[nH]1)NC(=O)C(C)NC(=O)C(NC(=O)C(C)NC(=O)C(Cc1c[nH]c2ccccc12)NC(=O)C(CCC(=O)O)NC(=O)C(N)Cc1ccccc1)C(C)C)C(N)=O. The maximum Gasteiger partial charge on any atom is 0.303 e. The summed E-state index contributed by atoms with van der Waals surface area (Å²) in [6.45, 7) is 13.4. The standard InChI is InChI=1S/C54H77N13O11/c1-28(2)20-40(46(56)70)63-52(76)41(21-29(3)4)65-53(77)43(24-35-26-57-27-59-35)64-47(71)31(7)61-54(78)45(30(5)6)67-48(72)32(8)60-51(75)42(23-34-25-58-38-17-13-12-16-36(34)38)66-50(74)39(18-19-44(68)69)62-49(73)37(55)22-33-14-10-9-11-15-33/h9-17,25-32,37,39-43,45,58H,18-24,55H2,1-8H3,(H2,56,70)(H,57,59)(H,60,75)(H,61,78)(H,62,73)(H,63,76)(H,64,71)(H,65,77)(H,66,74)(H,67,72)(H,68,69). The number of hydrogen-bond donors (Lipinski definition) is 13. The zero-order valence-electron chi connectivity index (χ0n) is 45.4. The van der Waals surface area contributed by atoms with Crippen LogP contribution in [0.4, 0.5) is 0 Å². The molecule has 0 spiro atoms. The van der Waals surface area contributed by atoms with Crippen LogP contribution >= 0.6 is 0 Å². The summed E-state index contributed by atoms with van der Waals surface area (Å²) in [5.41, 5.74) is 14.3. The molecule has 0 saturated carbocycles. The second-order valence-corrected chi connectivity index (χ2v) is 20.7. The lowest BCUT2D eigenvalue weighted by atomic mass is 9.99. The number of rotatable bonds is 31. The van der Waals surface area contributed by atoms with Crippen molar-refractivity contribution in [3.05, 3.63) is 90.1 Å². The third-order valence-electron chi connectivity index (χ3n) is 12.7. The number of aromatic amines is 2. The van der Waals surface area contributed by atoms with Crippen LogP contribution in [0.1, 0.15) is 97.9 Å². The first-order valence-electron chi connectivity index (χ1n) is 26.1. The minimum absolute atomic E-state index is 0.0189. The van der Waals surface area contributed by atoms with E-state index in [2.05, 4.69) is 57.5 Å².